The second-order valence-electron chi connectivity index (χ2n) is 3.35. The first-order valence-corrected chi connectivity index (χ1v) is 5.31. The highest BCUT2D eigenvalue weighted by Crippen LogP contribution is 2.23. The number of hydrogen-bond donors (Lipinski definition) is 0. The minimum atomic E-state index is -0.904. The van der Waals surface area contributed by atoms with E-state index >= 15 is 0 Å². The molecule has 96 valence electrons. The van der Waals surface area contributed by atoms with Crippen LogP contribution in [0.5, 0.6) is 0 Å². The predicted molar refractivity (Wildman–Crippen MR) is 63.3 cm³/mol. The fourth-order valence-corrected chi connectivity index (χ4v) is 1.36. The van der Waals surface area contributed by atoms with Crippen LogP contribution in [0.1, 0.15) is 18.9 Å². The van der Waals surface area contributed by atoms with E-state index in [-0.39, 0.29) is 18.6 Å². The number of halogens is 1. The van der Waals surface area contributed by atoms with Crippen molar-refractivity contribution in [1.29, 1.82) is 0 Å². The molecule has 0 saturated heterocycles. The largest absolute Gasteiger partial charge is 0.466 e. The molecule has 0 aliphatic carbocycles. The molecule has 0 bridgehead atoms. The van der Waals surface area contributed by atoms with E-state index in [1.54, 1.807) is 6.92 Å². The summed E-state index contributed by atoms with van der Waals surface area (Å²) in [4.78, 5) is 20.9. The van der Waals surface area contributed by atoms with E-state index in [1.165, 1.54) is 24.3 Å². The van der Waals surface area contributed by atoms with Crippen molar-refractivity contribution in [2.75, 3.05) is 6.61 Å². The van der Waals surface area contributed by atoms with Gasteiger partial charge in [0.2, 0.25) is 5.82 Å². The molecule has 0 fully saturated rings. The number of carbonyl (C=O) groups excluding carboxylic acids is 1. The molecule has 0 unspecified atom stereocenters. The first-order valence-electron chi connectivity index (χ1n) is 5.31. The molecule has 0 N–H and O–H groups in total. The first-order chi connectivity index (χ1) is 8.56. The van der Waals surface area contributed by atoms with Gasteiger partial charge < -0.3 is 4.74 Å². The Kier molecular flexibility index (Phi) is 4.98. The Morgan fingerprint density at radius 3 is 2.89 bits per heavy atom. The lowest BCUT2D eigenvalue weighted by molar-refractivity contribution is -0.387. The third-order valence-electron chi connectivity index (χ3n) is 2.09. The average molecular weight is 253 g/mol. The Hall–Kier alpha value is -2.24. The smallest absolute Gasteiger partial charge is 0.311 e. The van der Waals surface area contributed by atoms with Crippen LogP contribution in [-0.2, 0) is 9.53 Å². The molecule has 0 saturated carbocycles. The van der Waals surface area contributed by atoms with Crippen molar-refractivity contribution >= 4 is 17.7 Å². The topological polar surface area (TPSA) is 69.4 Å². The van der Waals surface area contributed by atoms with Crippen LogP contribution >= 0.6 is 0 Å². The average Bonchev–Trinajstić information content (AvgIpc) is 2.28. The molecule has 0 aliphatic heterocycles. The summed E-state index contributed by atoms with van der Waals surface area (Å²) in [5.74, 6) is -1.34. The maximum Gasteiger partial charge on any atom is 0.311 e. The Morgan fingerprint density at radius 2 is 2.28 bits per heavy atom. The Bertz CT molecular complexity index is 485. The number of benzene rings is 1. The number of rotatable bonds is 5. The summed E-state index contributed by atoms with van der Waals surface area (Å²) in [6, 6.07) is 3.79. The minimum absolute atomic E-state index is 0.0124. The van der Waals surface area contributed by atoms with Crippen molar-refractivity contribution in [3.8, 4) is 0 Å². The highest BCUT2D eigenvalue weighted by atomic mass is 19.1. The van der Waals surface area contributed by atoms with Gasteiger partial charge in [0, 0.05) is 0 Å². The normalized spacial score (nSPS) is 10.6. The molecule has 1 aromatic rings. The van der Waals surface area contributed by atoms with E-state index in [0.717, 1.165) is 6.07 Å². The summed E-state index contributed by atoms with van der Waals surface area (Å²) >= 11 is 0. The second-order valence-corrected chi connectivity index (χ2v) is 3.35. The second kappa shape index (κ2) is 6.48. The standard InChI is InChI=1S/C12H12FNO4/c1-2-18-11(15)8-4-6-9-5-3-7-10(13)12(9)14(16)17/h3-7H,2,8H2,1H3. The quantitative estimate of drug-likeness (QED) is 0.459. The SMILES string of the molecule is CCOC(=O)CC=Cc1cccc(F)c1[N+](=O)[O-]. The number of ether oxygens (including phenoxy) is 1. The third-order valence-corrected chi connectivity index (χ3v) is 2.09. The van der Waals surface area contributed by atoms with Gasteiger partial charge in [-0.3, -0.25) is 14.9 Å². The van der Waals surface area contributed by atoms with Crippen molar-refractivity contribution in [3.05, 3.63) is 45.8 Å². The van der Waals surface area contributed by atoms with Gasteiger partial charge in [0.1, 0.15) is 0 Å². The molecule has 0 amide bonds. The number of para-hydroxylation sites is 1. The third kappa shape index (κ3) is 3.65. The highest BCUT2D eigenvalue weighted by Gasteiger charge is 2.17. The van der Waals surface area contributed by atoms with Gasteiger partial charge in [-0.25, -0.2) is 0 Å². The van der Waals surface area contributed by atoms with Gasteiger partial charge in [-0.2, -0.15) is 4.39 Å². The van der Waals surface area contributed by atoms with Crippen LogP contribution in [-0.4, -0.2) is 17.5 Å². The molecule has 1 rings (SSSR count). The van der Waals surface area contributed by atoms with Crippen molar-refractivity contribution in [2.24, 2.45) is 0 Å². The van der Waals surface area contributed by atoms with Crippen LogP contribution in [0.25, 0.3) is 6.08 Å². The van der Waals surface area contributed by atoms with Gasteiger partial charge in [0.25, 0.3) is 0 Å². The fraction of sp³-hybridized carbons (Fsp3) is 0.250. The first kappa shape index (κ1) is 13.8. The maximum absolute atomic E-state index is 13.2. The summed E-state index contributed by atoms with van der Waals surface area (Å²) < 4.78 is 17.9. The van der Waals surface area contributed by atoms with Crippen LogP contribution in [0, 0.1) is 15.9 Å². The van der Waals surface area contributed by atoms with Crippen LogP contribution < -0.4 is 0 Å². The van der Waals surface area contributed by atoms with E-state index in [0.29, 0.717) is 0 Å². The van der Waals surface area contributed by atoms with Crippen molar-refractivity contribution < 1.29 is 18.8 Å². The summed E-state index contributed by atoms with van der Waals surface area (Å²) in [7, 11) is 0. The summed E-state index contributed by atoms with van der Waals surface area (Å²) in [5.41, 5.74) is -0.484. The number of esters is 1. The zero-order valence-corrected chi connectivity index (χ0v) is 9.76. The van der Waals surface area contributed by atoms with Gasteiger partial charge in [-0.05, 0) is 19.1 Å². The Morgan fingerprint density at radius 1 is 1.56 bits per heavy atom. The van der Waals surface area contributed by atoms with Gasteiger partial charge in [0.15, 0.2) is 0 Å². The number of hydrogen-bond acceptors (Lipinski definition) is 4. The fourth-order valence-electron chi connectivity index (χ4n) is 1.36. The monoisotopic (exact) mass is 253 g/mol. The van der Waals surface area contributed by atoms with Crippen molar-refractivity contribution in [3.63, 3.8) is 0 Å². The minimum Gasteiger partial charge on any atom is -0.466 e. The van der Waals surface area contributed by atoms with Crippen LogP contribution in [0.2, 0.25) is 0 Å². The van der Waals surface area contributed by atoms with Crippen LogP contribution in [0.4, 0.5) is 10.1 Å². The van der Waals surface area contributed by atoms with Gasteiger partial charge in [-0.15, -0.1) is 0 Å². The van der Waals surface area contributed by atoms with E-state index in [4.69, 9.17) is 0 Å². The molecule has 0 radical (unpaired) electrons. The van der Waals surface area contributed by atoms with Crippen LogP contribution in [0.15, 0.2) is 24.3 Å². The Labute approximate surface area is 103 Å². The number of nitro groups is 1. The molecule has 0 atom stereocenters. The van der Waals surface area contributed by atoms with Crippen molar-refractivity contribution in [2.45, 2.75) is 13.3 Å². The lowest BCUT2D eigenvalue weighted by Gasteiger charge is -1.99. The molecule has 6 heteroatoms. The van der Waals surface area contributed by atoms with Crippen LogP contribution in [0.3, 0.4) is 0 Å². The predicted octanol–water partition coefficient (Wildman–Crippen LogP) is 2.70. The van der Waals surface area contributed by atoms with Gasteiger partial charge in [0.05, 0.1) is 23.5 Å². The molecule has 0 aliphatic rings. The molecule has 5 nitrogen and oxygen atoms in total. The lowest BCUT2D eigenvalue weighted by Crippen LogP contribution is -2.01. The van der Waals surface area contributed by atoms with Crippen molar-refractivity contribution in [1.82, 2.24) is 0 Å². The summed E-state index contributed by atoms with van der Waals surface area (Å²) in [5, 5.41) is 10.7. The zero-order chi connectivity index (χ0) is 13.5. The van der Waals surface area contributed by atoms with E-state index < -0.39 is 22.4 Å². The number of nitrogens with zero attached hydrogens (tertiary/aromatic N) is 1. The molecule has 18 heavy (non-hydrogen) atoms. The van der Waals surface area contributed by atoms with Gasteiger partial charge in [-0.1, -0.05) is 18.2 Å². The Balaban J connectivity index is 2.85. The van der Waals surface area contributed by atoms with E-state index in [9.17, 15) is 19.3 Å². The highest BCUT2D eigenvalue weighted by molar-refractivity contribution is 5.73. The maximum atomic E-state index is 13.2. The number of carbonyl (C=O) groups is 1. The van der Waals surface area contributed by atoms with E-state index in [2.05, 4.69) is 4.74 Å². The molecular weight excluding hydrogens is 241 g/mol. The zero-order valence-electron chi connectivity index (χ0n) is 9.76. The lowest BCUT2D eigenvalue weighted by atomic mass is 10.1. The van der Waals surface area contributed by atoms with E-state index in [1.807, 2.05) is 0 Å². The molecule has 1 aromatic carbocycles. The molecular formula is C12H12FNO4. The number of nitro benzene ring substituents is 1. The van der Waals surface area contributed by atoms with Gasteiger partial charge >= 0.3 is 11.7 Å². The summed E-state index contributed by atoms with van der Waals surface area (Å²) in [6.07, 6.45) is 2.72. The molecule has 0 aromatic heterocycles. The molecule has 0 heterocycles. The summed E-state index contributed by atoms with van der Waals surface area (Å²) in [6.45, 7) is 1.95. The molecule has 0 spiro atoms.